The molecule has 118 valence electrons. The van der Waals surface area contributed by atoms with Crippen LogP contribution in [0.3, 0.4) is 0 Å². The van der Waals surface area contributed by atoms with Crippen molar-refractivity contribution >= 4 is 23.3 Å². The third-order valence-corrected chi connectivity index (χ3v) is 4.02. The maximum Gasteiger partial charge on any atom is 0.355 e. The highest BCUT2D eigenvalue weighted by molar-refractivity contribution is 7.09. The summed E-state index contributed by atoms with van der Waals surface area (Å²) in [5.74, 6) is -1.07. The van der Waals surface area contributed by atoms with E-state index in [0.29, 0.717) is 18.2 Å². The number of nitrogens with zero attached hydrogens (tertiary/aromatic N) is 2. The minimum Gasteiger partial charge on any atom is -0.476 e. The summed E-state index contributed by atoms with van der Waals surface area (Å²) in [6, 6.07) is -0.612. The van der Waals surface area contributed by atoms with E-state index < -0.39 is 5.97 Å². The zero-order valence-electron chi connectivity index (χ0n) is 12.6. The second-order valence-electron chi connectivity index (χ2n) is 4.64. The lowest BCUT2D eigenvalue weighted by Gasteiger charge is -2.28. The number of nitrogens with one attached hydrogen (secondary N) is 1. The van der Waals surface area contributed by atoms with Crippen LogP contribution in [0, 0.1) is 0 Å². The molecule has 1 aromatic heterocycles. The first-order valence-corrected chi connectivity index (χ1v) is 7.53. The molecule has 0 fully saturated rings. The van der Waals surface area contributed by atoms with Crippen LogP contribution in [0.1, 0.15) is 42.3 Å². The van der Waals surface area contributed by atoms with E-state index in [1.807, 2.05) is 13.8 Å². The van der Waals surface area contributed by atoms with Crippen LogP contribution in [0.2, 0.25) is 0 Å². The van der Waals surface area contributed by atoms with Crippen LogP contribution in [0.25, 0.3) is 0 Å². The number of carbonyl (C=O) groups excluding carboxylic acids is 1. The lowest BCUT2D eigenvalue weighted by atomic mass is 10.3. The summed E-state index contributed by atoms with van der Waals surface area (Å²) in [5, 5.41) is 13.7. The number of carbonyl (C=O) groups is 2. The van der Waals surface area contributed by atoms with Crippen LogP contribution in [0.4, 0.5) is 4.79 Å². The standard InChI is InChI=1S/C13H21N3O4S/c1-5-16(8(2)6-20-4)13(19)14-9(3)11-15-10(7-21-11)12(17)18/h7-9H,5-6H2,1-4H3,(H,14,19)(H,17,18). The number of hydrogen-bond donors (Lipinski definition) is 2. The van der Waals surface area contributed by atoms with Crippen molar-refractivity contribution in [1.82, 2.24) is 15.2 Å². The molecule has 7 nitrogen and oxygen atoms in total. The second kappa shape index (κ2) is 7.94. The molecule has 0 saturated carbocycles. The Morgan fingerprint density at radius 3 is 2.67 bits per heavy atom. The summed E-state index contributed by atoms with van der Waals surface area (Å²) in [7, 11) is 1.59. The normalized spacial score (nSPS) is 13.5. The number of carboxylic acids is 1. The van der Waals surface area contributed by atoms with Gasteiger partial charge in [0.25, 0.3) is 0 Å². The van der Waals surface area contributed by atoms with Crippen molar-refractivity contribution in [3.8, 4) is 0 Å². The maximum absolute atomic E-state index is 12.2. The molecule has 2 unspecified atom stereocenters. The average Bonchev–Trinajstić information content (AvgIpc) is 2.89. The highest BCUT2D eigenvalue weighted by atomic mass is 32.1. The molecule has 0 aliphatic rings. The molecule has 2 atom stereocenters. The summed E-state index contributed by atoms with van der Waals surface area (Å²) in [4.78, 5) is 28.7. The van der Waals surface area contributed by atoms with Gasteiger partial charge in [0.15, 0.2) is 5.69 Å². The van der Waals surface area contributed by atoms with Crippen LogP contribution < -0.4 is 5.32 Å². The molecule has 0 saturated heterocycles. The molecule has 0 radical (unpaired) electrons. The van der Waals surface area contributed by atoms with Crippen LogP contribution in [-0.4, -0.2) is 53.3 Å². The van der Waals surface area contributed by atoms with Gasteiger partial charge in [0, 0.05) is 19.0 Å². The Bertz CT molecular complexity index is 492. The number of methoxy groups -OCH3 is 1. The highest BCUT2D eigenvalue weighted by Gasteiger charge is 2.22. The monoisotopic (exact) mass is 315 g/mol. The number of aromatic carboxylic acids is 1. The van der Waals surface area contributed by atoms with E-state index in [0.717, 1.165) is 0 Å². The number of ether oxygens (including phenoxy) is 1. The fourth-order valence-corrected chi connectivity index (χ4v) is 2.70. The molecular formula is C13H21N3O4S. The van der Waals surface area contributed by atoms with Gasteiger partial charge >= 0.3 is 12.0 Å². The van der Waals surface area contributed by atoms with E-state index in [2.05, 4.69) is 10.3 Å². The molecular weight excluding hydrogens is 294 g/mol. The molecule has 1 rings (SSSR count). The predicted octanol–water partition coefficient (Wildman–Crippen LogP) is 1.97. The van der Waals surface area contributed by atoms with Gasteiger partial charge < -0.3 is 20.1 Å². The Balaban J connectivity index is 2.69. The zero-order chi connectivity index (χ0) is 16.0. The van der Waals surface area contributed by atoms with Crippen molar-refractivity contribution in [3.63, 3.8) is 0 Å². The SMILES string of the molecule is CCN(C(=O)NC(C)c1nc(C(=O)O)cs1)C(C)COC. The van der Waals surface area contributed by atoms with Gasteiger partial charge in [-0.15, -0.1) is 11.3 Å². The maximum atomic E-state index is 12.2. The van der Waals surface area contributed by atoms with E-state index in [-0.39, 0.29) is 23.8 Å². The Morgan fingerprint density at radius 2 is 2.19 bits per heavy atom. The van der Waals surface area contributed by atoms with E-state index in [9.17, 15) is 9.59 Å². The van der Waals surface area contributed by atoms with Gasteiger partial charge in [0.05, 0.1) is 18.7 Å². The quantitative estimate of drug-likeness (QED) is 0.802. The molecule has 0 aromatic carbocycles. The second-order valence-corrected chi connectivity index (χ2v) is 5.53. The molecule has 21 heavy (non-hydrogen) atoms. The highest BCUT2D eigenvalue weighted by Crippen LogP contribution is 2.18. The van der Waals surface area contributed by atoms with Gasteiger partial charge in [-0.25, -0.2) is 14.6 Å². The molecule has 0 bridgehead atoms. The first kappa shape index (κ1) is 17.4. The lowest BCUT2D eigenvalue weighted by molar-refractivity contribution is 0.0691. The fourth-order valence-electron chi connectivity index (χ4n) is 1.90. The number of likely N-dealkylation sites (N-methyl/N-ethyl adjacent to an activating group) is 1. The van der Waals surface area contributed by atoms with Crippen LogP contribution in [0.15, 0.2) is 5.38 Å². The minimum absolute atomic E-state index is 0.00352. The molecule has 0 spiro atoms. The first-order chi connectivity index (χ1) is 9.90. The van der Waals surface area contributed by atoms with Gasteiger partial charge in [0.2, 0.25) is 0 Å². The van der Waals surface area contributed by atoms with Crippen molar-refractivity contribution < 1.29 is 19.4 Å². The molecule has 0 aliphatic carbocycles. The summed E-state index contributed by atoms with van der Waals surface area (Å²) in [6.45, 7) is 6.58. The number of aromatic nitrogens is 1. The van der Waals surface area contributed by atoms with Crippen molar-refractivity contribution in [2.24, 2.45) is 0 Å². The molecule has 2 amide bonds. The van der Waals surface area contributed by atoms with Crippen molar-refractivity contribution in [3.05, 3.63) is 16.1 Å². The number of urea groups is 1. The Hall–Kier alpha value is -1.67. The minimum atomic E-state index is -1.07. The van der Waals surface area contributed by atoms with E-state index >= 15 is 0 Å². The Labute approximate surface area is 127 Å². The number of hydrogen-bond acceptors (Lipinski definition) is 5. The Morgan fingerprint density at radius 1 is 1.52 bits per heavy atom. The largest absolute Gasteiger partial charge is 0.476 e. The molecule has 2 N–H and O–H groups in total. The van der Waals surface area contributed by atoms with E-state index in [1.165, 1.54) is 16.7 Å². The molecule has 0 aliphatic heterocycles. The summed E-state index contributed by atoms with van der Waals surface area (Å²) < 4.78 is 5.06. The fraction of sp³-hybridized carbons (Fsp3) is 0.615. The first-order valence-electron chi connectivity index (χ1n) is 6.65. The van der Waals surface area contributed by atoms with Crippen molar-refractivity contribution in [1.29, 1.82) is 0 Å². The molecule has 8 heteroatoms. The van der Waals surface area contributed by atoms with Gasteiger partial charge in [0.1, 0.15) is 5.01 Å². The number of thiazole rings is 1. The van der Waals surface area contributed by atoms with Crippen LogP contribution in [-0.2, 0) is 4.74 Å². The van der Waals surface area contributed by atoms with E-state index in [4.69, 9.17) is 9.84 Å². The third-order valence-electron chi connectivity index (χ3n) is 2.99. The van der Waals surface area contributed by atoms with E-state index in [1.54, 1.807) is 18.9 Å². The van der Waals surface area contributed by atoms with Crippen LogP contribution in [0.5, 0.6) is 0 Å². The number of carboxylic acid groups (broad SMARTS) is 1. The summed E-state index contributed by atoms with van der Waals surface area (Å²) in [6.07, 6.45) is 0. The van der Waals surface area contributed by atoms with Crippen molar-refractivity contribution in [2.45, 2.75) is 32.9 Å². The Kier molecular flexibility index (Phi) is 6.57. The van der Waals surface area contributed by atoms with Gasteiger partial charge in [-0.3, -0.25) is 0 Å². The predicted molar refractivity (Wildman–Crippen MR) is 79.7 cm³/mol. The van der Waals surface area contributed by atoms with Gasteiger partial charge in [-0.05, 0) is 20.8 Å². The van der Waals surface area contributed by atoms with Gasteiger partial charge in [-0.1, -0.05) is 0 Å². The zero-order valence-corrected chi connectivity index (χ0v) is 13.4. The van der Waals surface area contributed by atoms with Crippen LogP contribution >= 0.6 is 11.3 Å². The number of rotatable bonds is 7. The summed E-state index contributed by atoms with van der Waals surface area (Å²) >= 11 is 1.22. The lowest BCUT2D eigenvalue weighted by Crippen LogP contribution is -2.47. The number of amides is 2. The molecule has 1 aromatic rings. The van der Waals surface area contributed by atoms with Gasteiger partial charge in [-0.2, -0.15) is 0 Å². The average molecular weight is 315 g/mol. The third kappa shape index (κ3) is 4.68. The topological polar surface area (TPSA) is 91.8 Å². The van der Waals surface area contributed by atoms with Crippen molar-refractivity contribution in [2.75, 3.05) is 20.3 Å². The smallest absolute Gasteiger partial charge is 0.355 e. The molecule has 1 heterocycles. The summed E-state index contributed by atoms with van der Waals surface area (Å²) in [5.41, 5.74) is -0.00352.